The van der Waals surface area contributed by atoms with Crippen LogP contribution in [0.15, 0.2) is 6.20 Å². The lowest BCUT2D eigenvalue weighted by Crippen LogP contribution is -2.54. The maximum absolute atomic E-state index is 12.3. The van der Waals surface area contributed by atoms with Crippen LogP contribution in [0.25, 0.3) is 0 Å². The van der Waals surface area contributed by atoms with Gasteiger partial charge in [-0.1, -0.05) is 5.21 Å². The molecule has 1 N–H and O–H groups in total. The summed E-state index contributed by atoms with van der Waals surface area (Å²) in [6, 6.07) is -0.295. The van der Waals surface area contributed by atoms with Crippen LogP contribution in [0.3, 0.4) is 0 Å². The number of likely N-dealkylation sites (tertiary alicyclic amines) is 1. The van der Waals surface area contributed by atoms with E-state index in [1.54, 1.807) is 0 Å². The largest absolute Gasteiger partial charge is 0.324 e. The summed E-state index contributed by atoms with van der Waals surface area (Å²) in [4.78, 5) is 27.4. The molecule has 1 aromatic heterocycles. The van der Waals surface area contributed by atoms with Gasteiger partial charge >= 0.3 is 6.03 Å². The molecule has 0 radical (unpaired) electrons. The minimum Gasteiger partial charge on any atom is -0.323 e. The Labute approximate surface area is 135 Å². The van der Waals surface area contributed by atoms with Crippen molar-refractivity contribution in [1.29, 1.82) is 0 Å². The predicted molar refractivity (Wildman–Crippen MR) is 83.6 cm³/mol. The van der Waals surface area contributed by atoms with Gasteiger partial charge in [0.1, 0.15) is 5.54 Å². The van der Waals surface area contributed by atoms with Gasteiger partial charge in [-0.05, 0) is 33.6 Å². The van der Waals surface area contributed by atoms with Crippen molar-refractivity contribution < 1.29 is 9.59 Å². The molecule has 0 aromatic carbocycles. The summed E-state index contributed by atoms with van der Waals surface area (Å²) in [6.45, 7) is 8.47. The Kier molecular flexibility index (Phi) is 3.66. The van der Waals surface area contributed by atoms with Gasteiger partial charge in [0.05, 0.1) is 17.4 Å². The quantitative estimate of drug-likeness (QED) is 0.805. The van der Waals surface area contributed by atoms with Crippen molar-refractivity contribution in [2.45, 2.75) is 51.2 Å². The maximum Gasteiger partial charge on any atom is 0.324 e. The number of hydrogen-bond donors (Lipinski definition) is 1. The topological polar surface area (TPSA) is 83.4 Å². The van der Waals surface area contributed by atoms with E-state index in [-0.39, 0.29) is 17.5 Å². The predicted octanol–water partition coefficient (Wildman–Crippen LogP) is 0.549. The number of aromatic nitrogens is 3. The van der Waals surface area contributed by atoms with Crippen LogP contribution in [0.4, 0.5) is 4.79 Å². The van der Waals surface area contributed by atoms with Crippen molar-refractivity contribution in [3.63, 3.8) is 0 Å². The number of likely N-dealkylation sites (N-methyl/N-ethyl adjacent to an activating group) is 1. The molecule has 1 spiro atoms. The van der Waals surface area contributed by atoms with Gasteiger partial charge in [0, 0.05) is 26.7 Å². The zero-order chi connectivity index (χ0) is 16.8. The SMILES string of the molecule is CN1C(=O)NC2(CCN(Cc3cn(C(C)(C)C)nn3)CC2)C1=O. The van der Waals surface area contributed by atoms with Crippen molar-refractivity contribution in [3.05, 3.63) is 11.9 Å². The van der Waals surface area contributed by atoms with Crippen molar-refractivity contribution >= 4 is 11.9 Å². The lowest BCUT2D eigenvalue weighted by Gasteiger charge is -2.36. The molecule has 23 heavy (non-hydrogen) atoms. The molecule has 2 saturated heterocycles. The van der Waals surface area contributed by atoms with Gasteiger partial charge < -0.3 is 5.32 Å². The summed E-state index contributed by atoms with van der Waals surface area (Å²) in [5.41, 5.74) is 0.142. The molecule has 3 heterocycles. The Morgan fingerprint density at radius 2 is 1.91 bits per heavy atom. The number of urea groups is 1. The lowest BCUT2D eigenvalue weighted by molar-refractivity contribution is -0.132. The lowest BCUT2D eigenvalue weighted by atomic mass is 9.87. The van der Waals surface area contributed by atoms with Crippen LogP contribution in [0.2, 0.25) is 0 Å². The minimum atomic E-state index is -0.703. The Morgan fingerprint density at radius 3 is 2.39 bits per heavy atom. The van der Waals surface area contributed by atoms with Crippen LogP contribution in [-0.4, -0.2) is 62.4 Å². The first-order chi connectivity index (χ1) is 10.7. The zero-order valence-corrected chi connectivity index (χ0v) is 14.2. The Morgan fingerprint density at radius 1 is 1.26 bits per heavy atom. The van der Waals surface area contributed by atoms with Gasteiger partial charge in [-0.25, -0.2) is 9.48 Å². The number of nitrogens with zero attached hydrogens (tertiary/aromatic N) is 5. The molecule has 2 fully saturated rings. The third-order valence-corrected chi connectivity index (χ3v) is 4.69. The van der Waals surface area contributed by atoms with E-state index < -0.39 is 5.54 Å². The Hall–Kier alpha value is -1.96. The molecule has 0 bridgehead atoms. The van der Waals surface area contributed by atoms with Crippen molar-refractivity contribution in [1.82, 2.24) is 30.1 Å². The first kappa shape index (κ1) is 15.9. The minimum absolute atomic E-state index is 0.0810. The summed E-state index contributed by atoms with van der Waals surface area (Å²) < 4.78 is 1.86. The van der Waals surface area contributed by atoms with Crippen LogP contribution < -0.4 is 5.32 Å². The van der Waals surface area contributed by atoms with E-state index in [0.717, 1.165) is 18.8 Å². The second kappa shape index (κ2) is 5.30. The number of carbonyl (C=O) groups is 2. The van der Waals surface area contributed by atoms with Gasteiger partial charge in [-0.3, -0.25) is 14.6 Å². The maximum atomic E-state index is 12.3. The smallest absolute Gasteiger partial charge is 0.323 e. The third kappa shape index (κ3) is 2.83. The summed E-state index contributed by atoms with van der Waals surface area (Å²) in [5, 5.41) is 11.3. The highest BCUT2D eigenvalue weighted by Gasteiger charge is 2.50. The molecular weight excluding hydrogens is 296 g/mol. The number of rotatable bonds is 2. The standard InChI is InChI=1S/C15H24N6O2/c1-14(2,3)21-10-11(17-18-21)9-20-7-5-15(6-8-20)12(22)19(4)13(23)16-15/h10H,5-9H2,1-4H3,(H,16,23). The molecule has 0 unspecified atom stereocenters. The fraction of sp³-hybridized carbons (Fsp3) is 0.733. The highest BCUT2D eigenvalue weighted by atomic mass is 16.2. The Bertz CT molecular complexity index is 624. The number of hydrogen-bond acceptors (Lipinski definition) is 5. The van der Waals surface area contributed by atoms with Crippen LogP contribution in [-0.2, 0) is 16.9 Å². The van der Waals surface area contributed by atoms with Crippen LogP contribution >= 0.6 is 0 Å². The molecule has 0 saturated carbocycles. The number of carbonyl (C=O) groups excluding carboxylic acids is 2. The first-order valence-electron chi connectivity index (χ1n) is 7.96. The highest BCUT2D eigenvalue weighted by Crippen LogP contribution is 2.29. The van der Waals surface area contributed by atoms with E-state index in [4.69, 9.17) is 0 Å². The van der Waals surface area contributed by atoms with E-state index in [9.17, 15) is 9.59 Å². The van der Waals surface area contributed by atoms with Gasteiger partial charge in [0.2, 0.25) is 0 Å². The molecule has 3 amide bonds. The number of piperidine rings is 1. The number of nitrogens with one attached hydrogen (secondary N) is 1. The molecule has 8 heteroatoms. The van der Waals surface area contributed by atoms with Crippen molar-refractivity contribution in [3.8, 4) is 0 Å². The monoisotopic (exact) mass is 320 g/mol. The fourth-order valence-electron chi connectivity index (χ4n) is 3.11. The van der Waals surface area contributed by atoms with E-state index in [1.165, 1.54) is 11.9 Å². The molecule has 8 nitrogen and oxygen atoms in total. The summed E-state index contributed by atoms with van der Waals surface area (Å²) in [5.74, 6) is -0.110. The molecule has 3 rings (SSSR count). The fourth-order valence-corrected chi connectivity index (χ4v) is 3.11. The molecule has 0 aliphatic carbocycles. The molecule has 126 valence electrons. The van der Waals surface area contributed by atoms with Gasteiger partial charge in [-0.2, -0.15) is 0 Å². The number of amides is 3. The normalized spacial score (nSPS) is 22.0. The first-order valence-corrected chi connectivity index (χ1v) is 7.96. The molecule has 0 atom stereocenters. The van der Waals surface area contributed by atoms with Gasteiger partial charge in [0.15, 0.2) is 0 Å². The summed E-state index contributed by atoms with van der Waals surface area (Å²) in [7, 11) is 1.53. The summed E-state index contributed by atoms with van der Waals surface area (Å²) >= 11 is 0. The average Bonchev–Trinajstić information content (AvgIpc) is 3.03. The van der Waals surface area contributed by atoms with E-state index in [0.29, 0.717) is 19.4 Å². The second-order valence-electron chi connectivity index (χ2n) is 7.48. The van der Waals surface area contributed by atoms with Crippen LogP contribution in [0.5, 0.6) is 0 Å². The third-order valence-electron chi connectivity index (χ3n) is 4.69. The molecule has 2 aliphatic rings. The molecular formula is C15H24N6O2. The van der Waals surface area contributed by atoms with E-state index in [2.05, 4.69) is 41.3 Å². The molecule has 1 aromatic rings. The zero-order valence-electron chi connectivity index (χ0n) is 14.2. The Balaban J connectivity index is 1.61. The van der Waals surface area contributed by atoms with Crippen LogP contribution in [0, 0.1) is 0 Å². The average molecular weight is 320 g/mol. The van der Waals surface area contributed by atoms with Crippen molar-refractivity contribution in [2.24, 2.45) is 0 Å². The van der Waals surface area contributed by atoms with Crippen LogP contribution in [0.1, 0.15) is 39.3 Å². The van der Waals surface area contributed by atoms with Gasteiger partial charge in [-0.15, -0.1) is 5.10 Å². The second-order valence-corrected chi connectivity index (χ2v) is 7.48. The number of imide groups is 1. The summed E-state index contributed by atoms with van der Waals surface area (Å²) in [6.07, 6.45) is 3.24. The molecule has 2 aliphatic heterocycles. The van der Waals surface area contributed by atoms with Crippen molar-refractivity contribution in [2.75, 3.05) is 20.1 Å². The highest BCUT2D eigenvalue weighted by molar-refractivity contribution is 6.06. The van der Waals surface area contributed by atoms with E-state index >= 15 is 0 Å². The van der Waals surface area contributed by atoms with E-state index in [1.807, 2.05) is 10.9 Å². The van der Waals surface area contributed by atoms with Gasteiger partial charge in [0.25, 0.3) is 5.91 Å².